The van der Waals surface area contributed by atoms with Crippen LogP contribution in [0.5, 0.6) is 0 Å². The summed E-state index contributed by atoms with van der Waals surface area (Å²) in [6.45, 7) is 5.92. The van der Waals surface area contributed by atoms with Crippen LogP contribution in [-0.4, -0.2) is 25.0 Å². The molecule has 0 bridgehead atoms. The largest absolute Gasteiger partial charge is 0.464 e. The summed E-state index contributed by atoms with van der Waals surface area (Å²) in [6.07, 6.45) is 4.43. The predicted octanol–water partition coefficient (Wildman–Crippen LogP) is 2.88. The van der Waals surface area contributed by atoms with Gasteiger partial charge in [-0.05, 0) is 56.5 Å². The van der Waals surface area contributed by atoms with E-state index in [1.165, 1.54) is 17.5 Å². The Kier molecular flexibility index (Phi) is 5.48. The third kappa shape index (κ3) is 3.62. The van der Waals surface area contributed by atoms with Gasteiger partial charge in [0.15, 0.2) is 0 Å². The number of nitrogens with one attached hydrogen (secondary N) is 2. The van der Waals surface area contributed by atoms with Gasteiger partial charge in [0.2, 0.25) is 5.91 Å². The maximum Gasteiger partial charge on any atom is 0.224 e. The molecule has 1 amide bonds. The standard InChI is InChI=1S/C17H22N2O2.ClH/c1-11-6-15-13(10-21-16(15)7-12(11)2)8-17(20)19-9-14-4-3-5-18-14;/h6-7,10,14,18H,3-5,8-9H2,1-2H3,(H,19,20);1H. The van der Waals surface area contributed by atoms with Crippen LogP contribution in [0.1, 0.15) is 29.5 Å². The SMILES string of the molecule is Cc1cc2occ(CC(=O)NCC3CCCN3)c2cc1C.Cl. The number of amides is 1. The molecule has 4 nitrogen and oxygen atoms in total. The number of fused-ring (bicyclic) bond motifs is 1. The molecule has 0 spiro atoms. The molecule has 0 saturated carbocycles. The molecule has 0 radical (unpaired) electrons. The van der Waals surface area contributed by atoms with E-state index in [2.05, 4.69) is 30.5 Å². The molecule has 2 N–H and O–H groups in total. The van der Waals surface area contributed by atoms with Gasteiger partial charge in [-0.2, -0.15) is 0 Å². The molecule has 1 fully saturated rings. The summed E-state index contributed by atoms with van der Waals surface area (Å²) in [5.74, 6) is 0.0598. The lowest BCUT2D eigenvalue weighted by atomic mass is 10.0. The molecule has 1 aliphatic heterocycles. The molecule has 1 aliphatic rings. The second-order valence-electron chi connectivity index (χ2n) is 5.97. The van der Waals surface area contributed by atoms with Crippen molar-refractivity contribution in [3.05, 3.63) is 35.1 Å². The van der Waals surface area contributed by atoms with Crippen molar-refractivity contribution in [2.75, 3.05) is 13.1 Å². The van der Waals surface area contributed by atoms with Crippen molar-refractivity contribution in [1.29, 1.82) is 0 Å². The van der Waals surface area contributed by atoms with Crippen LogP contribution < -0.4 is 10.6 Å². The zero-order valence-electron chi connectivity index (χ0n) is 13.1. The minimum Gasteiger partial charge on any atom is -0.464 e. The van der Waals surface area contributed by atoms with Gasteiger partial charge in [0.1, 0.15) is 5.58 Å². The summed E-state index contributed by atoms with van der Waals surface area (Å²) >= 11 is 0. The van der Waals surface area contributed by atoms with Gasteiger partial charge in [-0.15, -0.1) is 12.4 Å². The number of carbonyl (C=O) groups is 1. The Labute approximate surface area is 137 Å². The minimum absolute atomic E-state index is 0. The van der Waals surface area contributed by atoms with Crippen LogP contribution >= 0.6 is 12.4 Å². The minimum atomic E-state index is 0. The van der Waals surface area contributed by atoms with Crippen LogP contribution in [0.15, 0.2) is 22.8 Å². The van der Waals surface area contributed by atoms with Crippen molar-refractivity contribution in [2.45, 2.75) is 39.2 Å². The molecule has 1 unspecified atom stereocenters. The Morgan fingerprint density at radius 1 is 1.36 bits per heavy atom. The molecular formula is C17H23ClN2O2. The Balaban J connectivity index is 0.00000176. The van der Waals surface area contributed by atoms with E-state index in [4.69, 9.17) is 4.42 Å². The quantitative estimate of drug-likeness (QED) is 0.910. The van der Waals surface area contributed by atoms with Gasteiger partial charge < -0.3 is 15.1 Å². The molecule has 2 aromatic rings. The van der Waals surface area contributed by atoms with Crippen molar-refractivity contribution in [3.8, 4) is 0 Å². The zero-order chi connectivity index (χ0) is 14.8. The fourth-order valence-electron chi connectivity index (χ4n) is 2.88. The van der Waals surface area contributed by atoms with Gasteiger partial charge in [0.05, 0.1) is 12.7 Å². The van der Waals surface area contributed by atoms with Crippen LogP contribution in [0.2, 0.25) is 0 Å². The first-order chi connectivity index (χ1) is 10.1. The van der Waals surface area contributed by atoms with Crippen LogP contribution in [0.3, 0.4) is 0 Å². The van der Waals surface area contributed by atoms with E-state index < -0.39 is 0 Å². The van der Waals surface area contributed by atoms with E-state index in [1.54, 1.807) is 6.26 Å². The van der Waals surface area contributed by atoms with Gasteiger partial charge in [0.25, 0.3) is 0 Å². The number of hydrogen-bond donors (Lipinski definition) is 2. The molecule has 0 aliphatic carbocycles. The number of rotatable bonds is 4. The number of benzene rings is 1. The summed E-state index contributed by atoms with van der Waals surface area (Å²) in [5.41, 5.74) is 4.25. The van der Waals surface area contributed by atoms with Crippen molar-refractivity contribution < 1.29 is 9.21 Å². The first kappa shape index (κ1) is 16.8. The molecule has 3 rings (SSSR count). The second kappa shape index (κ2) is 7.16. The summed E-state index contributed by atoms with van der Waals surface area (Å²) in [5, 5.41) is 7.44. The topological polar surface area (TPSA) is 54.3 Å². The van der Waals surface area contributed by atoms with Gasteiger partial charge >= 0.3 is 0 Å². The first-order valence-electron chi connectivity index (χ1n) is 7.61. The Hall–Kier alpha value is -1.52. The molecule has 2 heterocycles. The van der Waals surface area contributed by atoms with Gasteiger partial charge in [-0.1, -0.05) is 0 Å². The normalized spacial score (nSPS) is 17.5. The van der Waals surface area contributed by atoms with Crippen molar-refractivity contribution in [2.24, 2.45) is 0 Å². The third-order valence-electron chi connectivity index (χ3n) is 4.33. The van der Waals surface area contributed by atoms with E-state index in [0.29, 0.717) is 19.0 Å². The Bertz CT molecular complexity index is 660. The zero-order valence-corrected chi connectivity index (χ0v) is 13.9. The third-order valence-corrected chi connectivity index (χ3v) is 4.33. The predicted molar refractivity (Wildman–Crippen MR) is 90.7 cm³/mol. The highest BCUT2D eigenvalue weighted by atomic mass is 35.5. The number of halogens is 1. The maximum absolute atomic E-state index is 12.1. The monoisotopic (exact) mass is 322 g/mol. The highest BCUT2D eigenvalue weighted by Crippen LogP contribution is 2.25. The number of carbonyl (C=O) groups excluding carboxylic acids is 1. The van der Waals surface area contributed by atoms with E-state index in [9.17, 15) is 4.79 Å². The highest BCUT2D eigenvalue weighted by Gasteiger charge is 2.16. The van der Waals surface area contributed by atoms with Crippen LogP contribution in [0.25, 0.3) is 11.0 Å². The summed E-state index contributed by atoms with van der Waals surface area (Å²) < 4.78 is 5.57. The van der Waals surface area contributed by atoms with Gasteiger partial charge in [0, 0.05) is 23.5 Å². The summed E-state index contributed by atoms with van der Waals surface area (Å²) in [7, 11) is 0. The fourth-order valence-corrected chi connectivity index (χ4v) is 2.88. The molecule has 120 valence electrons. The fraction of sp³-hybridized carbons (Fsp3) is 0.471. The average Bonchev–Trinajstić information content (AvgIpc) is 3.09. The summed E-state index contributed by atoms with van der Waals surface area (Å²) in [4.78, 5) is 12.1. The average molecular weight is 323 g/mol. The van der Waals surface area contributed by atoms with Crippen LogP contribution in [0, 0.1) is 13.8 Å². The van der Waals surface area contributed by atoms with Crippen molar-refractivity contribution >= 4 is 29.3 Å². The van der Waals surface area contributed by atoms with Crippen molar-refractivity contribution in [3.63, 3.8) is 0 Å². The van der Waals surface area contributed by atoms with E-state index >= 15 is 0 Å². The lowest BCUT2D eigenvalue weighted by Gasteiger charge is -2.11. The van der Waals surface area contributed by atoms with E-state index in [0.717, 1.165) is 29.5 Å². The van der Waals surface area contributed by atoms with Crippen molar-refractivity contribution in [1.82, 2.24) is 10.6 Å². The van der Waals surface area contributed by atoms with Gasteiger partial charge in [-0.25, -0.2) is 0 Å². The second-order valence-corrected chi connectivity index (χ2v) is 5.97. The Morgan fingerprint density at radius 3 is 2.86 bits per heavy atom. The molecule has 1 atom stereocenters. The molecule has 1 aromatic heterocycles. The molecule has 1 aromatic carbocycles. The molecule has 22 heavy (non-hydrogen) atoms. The van der Waals surface area contributed by atoms with Crippen LogP contribution in [0.4, 0.5) is 0 Å². The van der Waals surface area contributed by atoms with E-state index in [-0.39, 0.29) is 18.3 Å². The maximum atomic E-state index is 12.1. The summed E-state index contributed by atoms with van der Waals surface area (Å²) in [6, 6.07) is 4.57. The van der Waals surface area contributed by atoms with Crippen LogP contribution in [-0.2, 0) is 11.2 Å². The number of furan rings is 1. The van der Waals surface area contributed by atoms with E-state index in [1.807, 2.05) is 6.07 Å². The number of aryl methyl sites for hydroxylation is 2. The number of hydrogen-bond acceptors (Lipinski definition) is 3. The smallest absolute Gasteiger partial charge is 0.224 e. The first-order valence-corrected chi connectivity index (χ1v) is 7.61. The highest BCUT2D eigenvalue weighted by molar-refractivity contribution is 5.88. The lowest BCUT2D eigenvalue weighted by Crippen LogP contribution is -2.37. The van der Waals surface area contributed by atoms with Gasteiger partial charge in [-0.3, -0.25) is 4.79 Å². The molecular weight excluding hydrogens is 300 g/mol. The Morgan fingerprint density at radius 2 is 2.14 bits per heavy atom. The molecule has 5 heteroatoms. The lowest BCUT2D eigenvalue weighted by molar-refractivity contribution is -0.120. The molecule has 1 saturated heterocycles.